The number of carbonyl (C=O) groups is 1. The van der Waals surface area contributed by atoms with Gasteiger partial charge in [-0.2, -0.15) is 0 Å². The van der Waals surface area contributed by atoms with Crippen LogP contribution >= 0.6 is 0 Å². The predicted molar refractivity (Wildman–Crippen MR) is 41.8 cm³/mol. The minimum atomic E-state index is -2.48. The predicted octanol–water partition coefficient (Wildman–Crippen LogP) is 1.54. The van der Waals surface area contributed by atoms with Gasteiger partial charge in [-0.3, -0.25) is 0 Å². The highest BCUT2D eigenvalue weighted by molar-refractivity contribution is 5.87. The summed E-state index contributed by atoms with van der Waals surface area (Å²) >= 11 is 0. The SMILES string of the molecule is COC(=O)c1cccn1CC(F)F. The molecule has 5 heteroatoms. The van der Waals surface area contributed by atoms with Crippen LogP contribution in [0.15, 0.2) is 18.3 Å². The molecule has 1 heterocycles. The lowest BCUT2D eigenvalue weighted by Gasteiger charge is -2.05. The lowest BCUT2D eigenvalue weighted by molar-refractivity contribution is 0.0580. The number of rotatable bonds is 3. The Labute approximate surface area is 73.9 Å². The Kier molecular flexibility index (Phi) is 3.00. The molecule has 13 heavy (non-hydrogen) atoms. The Bertz CT molecular complexity index is 296. The van der Waals surface area contributed by atoms with Gasteiger partial charge in [-0.25, -0.2) is 13.6 Å². The third-order valence-electron chi connectivity index (χ3n) is 1.56. The number of hydrogen-bond donors (Lipinski definition) is 0. The van der Waals surface area contributed by atoms with E-state index in [0.29, 0.717) is 0 Å². The normalized spacial score (nSPS) is 10.5. The average molecular weight is 189 g/mol. The molecule has 0 amide bonds. The number of halogens is 2. The van der Waals surface area contributed by atoms with Crippen molar-refractivity contribution in [2.75, 3.05) is 7.11 Å². The molecular weight excluding hydrogens is 180 g/mol. The molecule has 0 radical (unpaired) electrons. The van der Waals surface area contributed by atoms with Gasteiger partial charge in [0.15, 0.2) is 0 Å². The number of hydrogen-bond acceptors (Lipinski definition) is 2. The average Bonchev–Trinajstić information content (AvgIpc) is 2.50. The van der Waals surface area contributed by atoms with Gasteiger partial charge in [-0.1, -0.05) is 0 Å². The minimum absolute atomic E-state index is 0.141. The van der Waals surface area contributed by atoms with Crippen molar-refractivity contribution in [3.8, 4) is 0 Å². The van der Waals surface area contributed by atoms with Crippen LogP contribution in [0.1, 0.15) is 10.5 Å². The second-order valence-corrected chi connectivity index (χ2v) is 2.43. The van der Waals surface area contributed by atoms with Crippen molar-refractivity contribution in [2.45, 2.75) is 13.0 Å². The number of carbonyl (C=O) groups excluding carboxylic acids is 1. The molecule has 1 aromatic heterocycles. The highest BCUT2D eigenvalue weighted by Crippen LogP contribution is 2.07. The lowest BCUT2D eigenvalue weighted by Crippen LogP contribution is -2.13. The van der Waals surface area contributed by atoms with E-state index in [1.807, 2.05) is 0 Å². The van der Waals surface area contributed by atoms with E-state index in [4.69, 9.17) is 0 Å². The van der Waals surface area contributed by atoms with Gasteiger partial charge in [0.05, 0.1) is 13.7 Å². The summed E-state index contributed by atoms with van der Waals surface area (Å²) in [4.78, 5) is 11.0. The fourth-order valence-electron chi connectivity index (χ4n) is 1.01. The second-order valence-electron chi connectivity index (χ2n) is 2.43. The Balaban J connectivity index is 2.83. The van der Waals surface area contributed by atoms with Crippen molar-refractivity contribution in [2.24, 2.45) is 0 Å². The summed E-state index contributed by atoms with van der Waals surface area (Å²) < 4.78 is 29.5. The number of aromatic nitrogens is 1. The molecule has 0 saturated carbocycles. The van der Waals surface area contributed by atoms with Crippen LogP contribution in [-0.2, 0) is 11.3 Å². The topological polar surface area (TPSA) is 31.2 Å². The molecule has 1 rings (SSSR count). The molecular formula is C8H9F2NO2. The first-order valence-corrected chi connectivity index (χ1v) is 3.66. The van der Waals surface area contributed by atoms with Crippen LogP contribution in [0.2, 0.25) is 0 Å². The van der Waals surface area contributed by atoms with Gasteiger partial charge < -0.3 is 9.30 Å². The van der Waals surface area contributed by atoms with Gasteiger partial charge in [-0.05, 0) is 12.1 Å². The molecule has 0 aliphatic heterocycles. The van der Waals surface area contributed by atoms with Gasteiger partial charge in [0.25, 0.3) is 6.43 Å². The molecule has 1 aromatic rings. The first-order chi connectivity index (χ1) is 6.15. The largest absolute Gasteiger partial charge is 0.464 e. The standard InChI is InChI=1S/C8H9F2NO2/c1-13-8(12)6-3-2-4-11(6)5-7(9)10/h2-4,7H,5H2,1H3. The Morgan fingerprint density at radius 1 is 1.69 bits per heavy atom. The zero-order chi connectivity index (χ0) is 9.84. The van der Waals surface area contributed by atoms with E-state index < -0.39 is 18.9 Å². The summed E-state index contributed by atoms with van der Waals surface area (Å²) in [5, 5.41) is 0. The highest BCUT2D eigenvalue weighted by Gasteiger charge is 2.13. The van der Waals surface area contributed by atoms with E-state index in [9.17, 15) is 13.6 Å². The van der Waals surface area contributed by atoms with E-state index in [-0.39, 0.29) is 5.69 Å². The molecule has 0 unspecified atom stereocenters. The molecule has 0 saturated heterocycles. The smallest absolute Gasteiger partial charge is 0.354 e. The van der Waals surface area contributed by atoms with Gasteiger partial charge in [-0.15, -0.1) is 0 Å². The quantitative estimate of drug-likeness (QED) is 0.675. The molecule has 0 aromatic carbocycles. The van der Waals surface area contributed by atoms with Gasteiger partial charge in [0.1, 0.15) is 5.69 Å². The third kappa shape index (κ3) is 2.27. The fourth-order valence-corrected chi connectivity index (χ4v) is 1.01. The second kappa shape index (κ2) is 4.02. The van der Waals surface area contributed by atoms with Crippen molar-refractivity contribution < 1.29 is 18.3 Å². The minimum Gasteiger partial charge on any atom is -0.464 e. The number of esters is 1. The maximum atomic E-state index is 12.0. The van der Waals surface area contributed by atoms with E-state index in [1.54, 1.807) is 0 Å². The molecule has 0 atom stereocenters. The van der Waals surface area contributed by atoms with Crippen LogP contribution in [-0.4, -0.2) is 24.1 Å². The molecule has 0 fully saturated rings. The van der Waals surface area contributed by atoms with Crippen LogP contribution in [0, 0.1) is 0 Å². The van der Waals surface area contributed by atoms with E-state index >= 15 is 0 Å². The van der Waals surface area contributed by atoms with Gasteiger partial charge in [0.2, 0.25) is 0 Å². The summed E-state index contributed by atoms with van der Waals surface area (Å²) in [7, 11) is 1.21. The molecule has 0 spiro atoms. The van der Waals surface area contributed by atoms with Crippen LogP contribution in [0.5, 0.6) is 0 Å². The Hall–Kier alpha value is -1.39. The monoisotopic (exact) mass is 189 g/mol. The van der Waals surface area contributed by atoms with E-state index in [0.717, 1.165) is 4.57 Å². The lowest BCUT2D eigenvalue weighted by atomic mass is 10.4. The maximum absolute atomic E-state index is 12.0. The van der Waals surface area contributed by atoms with Gasteiger partial charge in [0, 0.05) is 6.20 Å². The van der Waals surface area contributed by atoms with Crippen molar-refractivity contribution in [3.05, 3.63) is 24.0 Å². The van der Waals surface area contributed by atoms with Crippen LogP contribution in [0.3, 0.4) is 0 Å². The number of nitrogens with zero attached hydrogens (tertiary/aromatic N) is 1. The summed E-state index contributed by atoms with van der Waals surface area (Å²) in [6, 6.07) is 2.96. The first kappa shape index (κ1) is 9.70. The zero-order valence-corrected chi connectivity index (χ0v) is 7.04. The van der Waals surface area contributed by atoms with Crippen molar-refractivity contribution in [1.82, 2.24) is 4.57 Å². The summed E-state index contributed by atoms with van der Waals surface area (Å²) in [6.07, 6.45) is -1.06. The maximum Gasteiger partial charge on any atom is 0.354 e. The number of ether oxygens (including phenoxy) is 1. The van der Waals surface area contributed by atoms with Crippen LogP contribution < -0.4 is 0 Å². The number of alkyl halides is 2. The molecule has 0 bridgehead atoms. The number of methoxy groups -OCH3 is 1. The van der Waals surface area contributed by atoms with Gasteiger partial charge >= 0.3 is 5.97 Å². The van der Waals surface area contributed by atoms with Crippen LogP contribution in [0.25, 0.3) is 0 Å². The summed E-state index contributed by atoms with van der Waals surface area (Å²) in [5.41, 5.74) is 0.141. The summed E-state index contributed by atoms with van der Waals surface area (Å²) in [5.74, 6) is -0.606. The first-order valence-electron chi connectivity index (χ1n) is 3.66. The van der Waals surface area contributed by atoms with Crippen molar-refractivity contribution >= 4 is 5.97 Å². The van der Waals surface area contributed by atoms with Crippen molar-refractivity contribution in [3.63, 3.8) is 0 Å². The molecule has 0 aliphatic carbocycles. The van der Waals surface area contributed by atoms with Crippen molar-refractivity contribution in [1.29, 1.82) is 0 Å². The highest BCUT2D eigenvalue weighted by atomic mass is 19.3. The van der Waals surface area contributed by atoms with E-state index in [2.05, 4.69) is 4.74 Å². The van der Waals surface area contributed by atoms with E-state index in [1.165, 1.54) is 25.4 Å². The third-order valence-corrected chi connectivity index (χ3v) is 1.56. The molecule has 3 nitrogen and oxygen atoms in total. The molecule has 0 N–H and O–H groups in total. The Morgan fingerprint density at radius 2 is 2.38 bits per heavy atom. The Morgan fingerprint density at radius 3 is 2.92 bits per heavy atom. The van der Waals surface area contributed by atoms with Crippen LogP contribution in [0.4, 0.5) is 8.78 Å². The molecule has 72 valence electrons. The fraction of sp³-hybridized carbons (Fsp3) is 0.375. The zero-order valence-electron chi connectivity index (χ0n) is 7.04. The summed E-state index contributed by atoms with van der Waals surface area (Å²) in [6.45, 7) is -0.489. The molecule has 0 aliphatic rings.